The second-order valence-electron chi connectivity index (χ2n) is 11.8. The summed E-state index contributed by atoms with van der Waals surface area (Å²) in [5.41, 5.74) is 8.46. The maximum Gasteiger partial charge on any atom is 0.246 e. The summed E-state index contributed by atoms with van der Waals surface area (Å²) in [6.45, 7) is 1.82. The third-order valence-corrected chi connectivity index (χ3v) is 9.15. The van der Waals surface area contributed by atoms with E-state index in [0.717, 1.165) is 17.5 Å². The summed E-state index contributed by atoms with van der Waals surface area (Å²) in [7, 11) is 0. The molecular formula is C38H40Cl2N4O3. The normalized spacial score (nSPS) is 15.7. The van der Waals surface area contributed by atoms with Gasteiger partial charge in [-0.3, -0.25) is 14.4 Å². The molecule has 1 aliphatic rings. The number of unbranched alkanes of at least 4 members (excludes halogenated alkanes) is 1. The molecule has 4 aromatic carbocycles. The standard InChI is InChI=1S/C38H40Cl2N4O3/c39-32-17-16-31(33(40)26-32)25-34(42-36(45)18-14-27-8-2-1-3-9-27)37(46)44-23-22-43(38(47)35(44)12-6-7-20-41)21-19-28-13-15-29-10-4-5-11-30(29)24-28/h1-5,8-11,13-18,24,26,34-35H,6-7,12,19-23,25,41H2,(H,42,45)/b18-14+/t34-,35?/m1/s1. The predicted molar refractivity (Wildman–Crippen MR) is 190 cm³/mol. The molecule has 3 amide bonds. The van der Waals surface area contributed by atoms with Crippen LogP contribution >= 0.6 is 23.2 Å². The number of amides is 3. The number of carbonyl (C=O) groups is 3. The molecule has 0 saturated carbocycles. The van der Waals surface area contributed by atoms with E-state index < -0.39 is 18.0 Å². The number of nitrogens with one attached hydrogen (secondary N) is 1. The number of carbonyl (C=O) groups excluding carboxylic acids is 3. The predicted octanol–water partition coefficient (Wildman–Crippen LogP) is 6.30. The van der Waals surface area contributed by atoms with Crippen molar-refractivity contribution >= 4 is 57.8 Å². The average molecular weight is 672 g/mol. The van der Waals surface area contributed by atoms with E-state index in [9.17, 15) is 14.4 Å². The highest BCUT2D eigenvalue weighted by atomic mass is 35.5. The van der Waals surface area contributed by atoms with E-state index in [1.165, 1.54) is 16.8 Å². The van der Waals surface area contributed by atoms with Crippen LogP contribution in [0.25, 0.3) is 16.8 Å². The first-order chi connectivity index (χ1) is 22.8. The molecule has 5 rings (SSSR count). The zero-order valence-electron chi connectivity index (χ0n) is 26.3. The monoisotopic (exact) mass is 670 g/mol. The fourth-order valence-electron chi connectivity index (χ4n) is 6.01. The Labute approximate surface area is 286 Å². The molecule has 1 aliphatic heterocycles. The summed E-state index contributed by atoms with van der Waals surface area (Å²) >= 11 is 12.6. The van der Waals surface area contributed by atoms with Gasteiger partial charge in [-0.15, -0.1) is 0 Å². The van der Waals surface area contributed by atoms with Crippen LogP contribution in [0.1, 0.15) is 36.0 Å². The maximum atomic E-state index is 14.3. The van der Waals surface area contributed by atoms with E-state index in [2.05, 4.69) is 35.6 Å². The number of piperazine rings is 1. The number of nitrogens with two attached hydrogens (primary N) is 1. The Hall–Kier alpha value is -4.17. The van der Waals surface area contributed by atoms with Crippen molar-refractivity contribution in [1.29, 1.82) is 0 Å². The second-order valence-corrected chi connectivity index (χ2v) is 12.7. The van der Waals surface area contributed by atoms with Gasteiger partial charge in [-0.1, -0.05) is 102 Å². The van der Waals surface area contributed by atoms with E-state index >= 15 is 0 Å². The van der Waals surface area contributed by atoms with Crippen LogP contribution in [-0.2, 0) is 27.2 Å². The van der Waals surface area contributed by atoms with Crippen molar-refractivity contribution in [2.75, 3.05) is 26.2 Å². The summed E-state index contributed by atoms with van der Waals surface area (Å²) in [5, 5.41) is 6.11. The van der Waals surface area contributed by atoms with Crippen molar-refractivity contribution in [2.24, 2.45) is 5.73 Å². The largest absolute Gasteiger partial charge is 0.340 e. The first kappa shape index (κ1) is 34.2. The number of halogens is 2. The van der Waals surface area contributed by atoms with Gasteiger partial charge in [-0.05, 0) is 77.9 Å². The SMILES string of the molecule is NCCCCC1C(=O)N(CCc2ccc3ccccc3c2)CCN1C(=O)[C@@H](Cc1ccc(Cl)cc1Cl)NC(=O)/C=C/c1ccccc1. The number of benzene rings is 4. The van der Waals surface area contributed by atoms with Gasteiger partial charge in [0, 0.05) is 42.2 Å². The third kappa shape index (κ3) is 9.22. The molecule has 0 aromatic heterocycles. The Morgan fingerprint density at radius 3 is 2.45 bits per heavy atom. The van der Waals surface area contributed by atoms with Crippen molar-refractivity contribution in [3.8, 4) is 0 Å². The van der Waals surface area contributed by atoms with Gasteiger partial charge in [-0.25, -0.2) is 0 Å². The van der Waals surface area contributed by atoms with Gasteiger partial charge >= 0.3 is 0 Å². The minimum absolute atomic E-state index is 0.0824. The highest BCUT2D eigenvalue weighted by molar-refractivity contribution is 6.35. The maximum absolute atomic E-state index is 14.3. The lowest BCUT2D eigenvalue weighted by atomic mass is 9.99. The number of hydrogen-bond donors (Lipinski definition) is 2. The summed E-state index contributed by atoms with van der Waals surface area (Å²) in [6, 6.07) is 27.5. The first-order valence-corrected chi connectivity index (χ1v) is 16.8. The fraction of sp³-hybridized carbons (Fsp3) is 0.289. The molecule has 2 atom stereocenters. The minimum atomic E-state index is -0.949. The molecule has 1 fully saturated rings. The van der Waals surface area contributed by atoms with Crippen molar-refractivity contribution < 1.29 is 14.4 Å². The second kappa shape index (κ2) is 16.6. The molecule has 0 bridgehead atoms. The molecule has 3 N–H and O–H groups in total. The van der Waals surface area contributed by atoms with Gasteiger partial charge in [0.1, 0.15) is 12.1 Å². The van der Waals surface area contributed by atoms with E-state index in [1.54, 1.807) is 29.2 Å². The van der Waals surface area contributed by atoms with Crippen molar-refractivity contribution in [2.45, 2.75) is 44.2 Å². The molecule has 0 aliphatic carbocycles. The summed E-state index contributed by atoms with van der Waals surface area (Å²) in [5.74, 6) is -0.823. The van der Waals surface area contributed by atoms with Gasteiger partial charge in [0.05, 0.1) is 0 Å². The van der Waals surface area contributed by atoms with Gasteiger partial charge in [0.2, 0.25) is 17.7 Å². The smallest absolute Gasteiger partial charge is 0.246 e. The summed E-state index contributed by atoms with van der Waals surface area (Å²) in [4.78, 5) is 44.9. The van der Waals surface area contributed by atoms with Gasteiger partial charge in [-0.2, -0.15) is 0 Å². The van der Waals surface area contributed by atoms with Crippen LogP contribution < -0.4 is 11.1 Å². The molecule has 0 spiro atoms. The lowest BCUT2D eigenvalue weighted by Gasteiger charge is -2.42. The summed E-state index contributed by atoms with van der Waals surface area (Å²) < 4.78 is 0. The van der Waals surface area contributed by atoms with Crippen molar-refractivity contribution in [3.05, 3.63) is 124 Å². The molecule has 7 nitrogen and oxygen atoms in total. The molecule has 1 saturated heterocycles. The first-order valence-electron chi connectivity index (χ1n) is 16.1. The van der Waals surface area contributed by atoms with Crippen LogP contribution in [0.3, 0.4) is 0 Å². The molecule has 1 heterocycles. The molecule has 244 valence electrons. The van der Waals surface area contributed by atoms with E-state index in [-0.39, 0.29) is 18.2 Å². The van der Waals surface area contributed by atoms with E-state index in [1.807, 2.05) is 47.4 Å². The molecule has 0 radical (unpaired) electrons. The number of rotatable bonds is 13. The van der Waals surface area contributed by atoms with E-state index in [4.69, 9.17) is 28.9 Å². The molecule has 47 heavy (non-hydrogen) atoms. The van der Waals surface area contributed by atoms with Crippen LogP contribution in [0.2, 0.25) is 10.0 Å². The Morgan fingerprint density at radius 2 is 1.68 bits per heavy atom. The third-order valence-electron chi connectivity index (χ3n) is 8.56. The number of hydrogen-bond acceptors (Lipinski definition) is 4. The molecular weight excluding hydrogens is 631 g/mol. The van der Waals surface area contributed by atoms with E-state index in [0.29, 0.717) is 61.1 Å². The van der Waals surface area contributed by atoms with Crippen LogP contribution in [0.15, 0.2) is 97.1 Å². The number of fused-ring (bicyclic) bond motifs is 1. The van der Waals surface area contributed by atoms with Crippen molar-refractivity contribution in [3.63, 3.8) is 0 Å². The van der Waals surface area contributed by atoms with Gasteiger partial charge < -0.3 is 20.9 Å². The zero-order valence-corrected chi connectivity index (χ0v) is 27.8. The van der Waals surface area contributed by atoms with Crippen LogP contribution in [0.5, 0.6) is 0 Å². The lowest BCUT2D eigenvalue weighted by molar-refractivity contribution is -0.153. The van der Waals surface area contributed by atoms with Crippen molar-refractivity contribution in [1.82, 2.24) is 15.1 Å². The average Bonchev–Trinajstić information content (AvgIpc) is 3.08. The Balaban J connectivity index is 1.34. The molecule has 4 aromatic rings. The minimum Gasteiger partial charge on any atom is -0.340 e. The Morgan fingerprint density at radius 1 is 0.915 bits per heavy atom. The quantitative estimate of drug-likeness (QED) is 0.129. The van der Waals surface area contributed by atoms with Gasteiger partial charge in [0.15, 0.2) is 0 Å². The lowest BCUT2D eigenvalue weighted by Crippen LogP contribution is -2.62. The topological polar surface area (TPSA) is 95.7 Å². The Bertz CT molecular complexity index is 1730. The number of nitrogens with zero attached hydrogens (tertiary/aromatic N) is 2. The molecule has 9 heteroatoms. The highest BCUT2D eigenvalue weighted by Gasteiger charge is 2.39. The van der Waals surface area contributed by atoms with Crippen LogP contribution in [-0.4, -0.2) is 65.8 Å². The Kier molecular flexibility index (Phi) is 12.1. The highest BCUT2D eigenvalue weighted by Crippen LogP contribution is 2.25. The molecule has 1 unspecified atom stereocenters. The van der Waals surface area contributed by atoms with Crippen LogP contribution in [0.4, 0.5) is 0 Å². The summed E-state index contributed by atoms with van der Waals surface area (Å²) in [6.07, 6.45) is 5.90. The fourth-order valence-corrected chi connectivity index (χ4v) is 6.49. The van der Waals surface area contributed by atoms with Gasteiger partial charge in [0.25, 0.3) is 0 Å². The zero-order chi connectivity index (χ0) is 33.2. The van der Waals surface area contributed by atoms with Crippen LogP contribution in [0, 0.1) is 0 Å².